The molecule has 0 radical (unpaired) electrons. The smallest absolute Gasteiger partial charge is 0.315 e. The van der Waals surface area contributed by atoms with E-state index in [1.807, 2.05) is 13.8 Å². The predicted molar refractivity (Wildman–Crippen MR) is 68.6 cm³/mol. The fourth-order valence-corrected chi connectivity index (χ4v) is 1.59. The molecule has 1 saturated carbocycles. The second-order valence-electron chi connectivity index (χ2n) is 5.30. The van der Waals surface area contributed by atoms with Crippen molar-refractivity contribution in [3.8, 4) is 0 Å². The summed E-state index contributed by atoms with van der Waals surface area (Å²) < 4.78 is 0. The van der Waals surface area contributed by atoms with Gasteiger partial charge in [0.05, 0.1) is 5.41 Å². The first-order valence-corrected chi connectivity index (χ1v) is 6.35. The van der Waals surface area contributed by atoms with Crippen LogP contribution in [0.15, 0.2) is 0 Å². The van der Waals surface area contributed by atoms with E-state index in [4.69, 9.17) is 5.11 Å². The normalized spacial score (nSPS) is 17.5. The first-order chi connectivity index (χ1) is 8.77. The monoisotopic (exact) mass is 271 g/mol. The molecule has 4 N–H and O–H groups in total. The van der Waals surface area contributed by atoms with Crippen molar-refractivity contribution in [2.45, 2.75) is 45.7 Å². The zero-order valence-corrected chi connectivity index (χ0v) is 11.4. The lowest BCUT2D eigenvalue weighted by Gasteiger charge is -2.17. The molecule has 3 amide bonds. The second kappa shape index (κ2) is 5.90. The lowest BCUT2D eigenvalue weighted by Crippen LogP contribution is -2.50. The third-order valence-corrected chi connectivity index (χ3v) is 3.07. The van der Waals surface area contributed by atoms with E-state index >= 15 is 0 Å². The predicted octanol–water partition coefficient (Wildman–Crippen LogP) is 0.0635. The highest BCUT2D eigenvalue weighted by atomic mass is 16.4. The molecular formula is C12H21N3O4. The van der Waals surface area contributed by atoms with Crippen LogP contribution in [0.3, 0.4) is 0 Å². The van der Waals surface area contributed by atoms with Crippen molar-refractivity contribution in [3.05, 3.63) is 0 Å². The molecule has 0 bridgehead atoms. The molecule has 0 aliphatic heterocycles. The number of hydrogen-bond donors (Lipinski definition) is 4. The molecule has 19 heavy (non-hydrogen) atoms. The van der Waals surface area contributed by atoms with Crippen molar-refractivity contribution >= 4 is 17.9 Å². The number of amides is 3. The second-order valence-corrected chi connectivity index (χ2v) is 5.30. The minimum Gasteiger partial charge on any atom is -0.481 e. The molecule has 0 aromatic rings. The highest BCUT2D eigenvalue weighted by molar-refractivity contribution is 5.87. The Morgan fingerprint density at radius 1 is 1.16 bits per heavy atom. The summed E-state index contributed by atoms with van der Waals surface area (Å²) in [7, 11) is 0. The van der Waals surface area contributed by atoms with Gasteiger partial charge in [-0.3, -0.25) is 9.59 Å². The summed E-state index contributed by atoms with van der Waals surface area (Å²) in [5.74, 6) is -1.16. The topological polar surface area (TPSA) is 108 Å². The van der Waals surface area contributed by atoms with Gasteiger partial charge in [-0.15, -0.1) is 0 Å². The van der Waals surface area contributed by atoms with Crippen LogP contribution in [0, 0.1) is 5.41 Å². The Morgan fingerprint density at radius 3 is 2.16 bits per heavy atom. The van der Waals surface area contributed by atoms with Gasteiger partial charge < -0.3 is 21.1 Å². The summed E-state index contributed by atoms with van der Waals surface area (Å²) in [4.78, 5) is 34.0. The van der Waals surface area contributed by atoms with Gasteiger partial charge >= 0.3 is 12.0 Å². The molecule has 0 saturated heterocycles. The maximum Gasteiger partial charge on any atom is 0.315 e. The minimum absolute atomic E-state index is 0.00144. The molecule has 0 aromatic carbocycles. The number of urea groups is 1. The maximum atomic E-state index is 11.6. The van der Waals surface area contributed by atoms with E-state index in [1.165, 1.54) is 0 Å². The summed E-state index contributed by atoms with van der Waals surface area (Å²) in [6, 6.07) is -1.19. The highest BCUT2D eigenvalue weighted by Gasteiger charge is 2.50. The van der Waals surface area contributed by atoms with Gasteiger partial charge in [-0.05, 0) is 33.6 Å². The van der Waals surface area contributed by atoms with Gasteiger partial charge in [0.1, 0.15) is 6.04 Å². The molecule has 0 aromatic heterocycles. The Kier molecular flexibility index (Phi) is 4.74. The molecule has 1 aliphatic rings. The summed E-state index contributed by atoms with van der Waals surface area (Å²) >= 11 is 0. The van der Waals surface area contributed by atoms with Crippen LogP contribution in [0.5, 0.6) is 0 Å². The minimum atomic E-state index is -0.890. The largest absolute Gasteiger partial charge is 0.481 e. The van der Waals surface area contributed by atoms with Crippen molar-refractivity contribution in [1.82, 2.24) is 16.0 Å². The van der Waals surface area contributed by atoms with Gasteiger partial charge in [0, 0.05) is 12.6 Å². The van der Waals surface area contributed by atoms with Gasteiger partial charge in [-0.1, -0.05) is 0 Å². The zero-order valence-electron chi connectivity index (χ0n) is 11.4. The van der Waals surface area contributed by atoms with E-state index in [2.05, 4.69) is 16.0 Å². The Bertz CT molecular complexity index is 377. The van der Waals surface area contributed by atoms with Crippen molar-refractivity contribution in [3.63, 3.8) is 0 Å². The molecule has 1 rings (SSSR count). The quantitative estimate of drug-likeness (QED) is 0.548. The summed E-state index contributed by atoms with van der Waals surface area (Å²) in [5.41, 5.74) is -0.805. The first-order valence-electron chi connectivity index (χ1n) is 6.35. The lowest BCUT2D eigenvalue weighted by molar-refractivity contribution is -0.143. The van der Waals surface area contributed by atoms with Crippen LogP contribution in [-0.2, 0) is 9.59 Å². The highest BCUT2D eigenvalue weighted by Crippen LogP contribution is 2.45. The van der Waals surface area contributed by atoms with Crippen LogP contribution >= 0.6 is 0 Å². The SMILES string of the molecule is CC(C)NC(=O)C(C)NC(=O)NCC1(C(=O)O)CC1. The summed E-state index contributed by atoms with van der Waals surface area (Å²) in [6.07, 6.45) is 1.15. The van der Waals surface area contributed by atoms with E-state index in [1.54, 1.807) is 6.92 Å². The molecule has 1 fully saturated rings. The summed E-state index contributed by atoms with van der Waals surface area (Å²) in [6.45, 7) is 5.32. The molecule has 1 aliphatic carbocycles. The number of aliphatic carboxylic acids is 1. The van der Waals surface area contributed by atoms with Crippen LogP contribution in [0.1, 0.15) is 33.6 Å². The lowest BCUT2D eigenvalue weighted by atomic mass is 10.1. The number of hydrogen-bond acceptors (Lipinski definition) is 3. The van der Waals surface area contributed by atoms with Gasteiger partial charge in [0.15, 0.2) is 0 Å². The van der Waals surface area contributed by atoms with Crippen LogP contribution in [0.4, 0.5) is 4.79 Å². The Balaban J connectivity index is 2.31. The molecule has 7 heteroatoms. The Labute approximate surface area is 112 Å². The number of carboxylic acid groups (broad SMARTS) is 1. The van der Waals surface area contributed by atoms with E-state index in [9.17, 15) is 14.4 Å². The van der Waals surface area contributed by atoms with Crippen LogP contribution < -0.4 is 16.0 Å². The van der Waals surface area contributed by atoms with Crippen LogP contribution in [-0.4, -0.2) is 41.6 Å². The number of carboxylic acids is 1. The molecular weight excluding hydrogens is 250 g/mol. The number of carbonyl (C=O) groups is 3. The van der Waals surface area contributed by atoms with Gasteiger partial charge in [0.25, 0.3) is 0 Å². The number of nitrogens with one attached hydrogen (secondary N) is 3. The molecule has 0 heterocycles. The van der Waals surface area contributed by atoms with E-state index < -0.39 is 23.5 Å². The van der Waals surface area contributed by atoms with Gasteiger partial charge in [0.2, 0.25) is 5.91 Å². The third kappa shape index (κ3) is 4.42. The summed E-state index contributed by atoms with van der Waals surface area (Å²) in [5, 5.41) is 16.6. The van der Waals surface area contributed by atoms with E-state index in [0.717, 1.165) is 0 Å². The van der Waals surface area contributed by atoms with Crippen molar-refractivity contribution < 1.29 is 19.5 Å². The fourth-order valence-electron chi connectivity index (χ4n) is 1.59. The molecule has 108 valence electrons. The standard InChI is InChI=1S/C12H21N3O4/c1-7(2)14-9(16)8(3)15-11(19)13-6-12(4-5-12)10(17)18/h7-8H,4-6H2,1-3H3,(H,14,16)(H,17,18)(H2,13,15,19). The van der Waals surface area contributed by atoms with Gasteiger partial charge in [-0.25, -0.2) is 4.79 Å². The van der Waals surface area contributed by atoms with E-state index in [-0.39, 0.29) is 18.5 Å². The molecule has 1 atom stereocenters. The maximum absolute atomic E-state index is 11.6. The van der Waals surface area contributed by atoms with Crippen molar-refractivity contribution in [2.24, 2.45) is 5.41 Å². The Hall–Kier alpha value is -1.79. The van der Waals surface area contributed by atoms with Crippen LogP contribution in [0.2, 0.25) is 0 Å². The van der Waals surface area contributed by atoms with Gasteiger partial charge in [-0.2, -0.15) is 0 Å². The zero-order chi connectivity index (χ0) is 14.6. The van der Waals surface area contributed by atoms with Crippen molar-refractivity contribution in [1.29, 1.82) is 0 Å². The fraction of sp³-hybridized carbons (Fsp3) is 0.750. The molecule has 0 spiro atoms. The van der Waals surface area contributed by atoms with E-state index in [0.29, 0.717) is 12.8 Å². The number of carbonyl (C=O) groups excluding carboxylic acids is 2. The third-order valence-electron chi connectivity index (χ3n) is 3.07. The number of rotatable bonds is 6. The molecule has 7 nitrogen and oxygen atoms in total. The molecule has 1 unspecified atom stereocenters. The average molecular weight is 271 g/mol. The van der Waals surface area contributed by atoms with Crippen molar-refractivity contribution in [2.75, 3.05) is 6.54 Å². The Morgan fingerprint density at radius 2 is 1.74 bits per heavy atom. The van der Waals surface area contributed by atoms with Crippen LogP contribution in [0.25, 0.3) is 0 Å². The first kappa shape index (κ1) is 15.3. The average Bonchev–Trinajstić information content (AvgIpc) is 3.06.